The van der Waals surface area contributed by atoms with E-state index in [4.69, 9.17) is 16.3 Å². The van der Waals surface area contributed by atoms with Crippen molar-refractivity contribution in [2.24, 2.45) is 0 Å². The van der Waals surface area contributed by atoms with Gasteiger partial charge in [0, 0.05) is 24.2 Å². The lowest BCUT2D eigenvalue weighted by Crippen LogP contribution is -2.26. The molecule has 3 rings (SSSR count). The van der Waals surface area contributed by atoms with Gasteiger partial charge in [0.25, 0.3) is 5.91 Å². The Kier molecular flexibility index (Phi) is 6.81. The number of carbonyl (C=O) groups is 1. The van der Waals surface area contributed by atoms with E-state index in [-0.39, 0.29) is 5.91 Å². The molecule has 0 saturated carbocycles. The third-order valence-electron chi connectivity index (χ3n) is 4.15. The first-order chi connectivity index (χ1) is 13.7. The van der Waals surface area contributed by atoms with Gasteiger partial charge < -0.3 is 15.4 Å². The van der Waals surface area contributed by atoms with Crippen molar-refractivity contribution in [2.75, 3.05) is 19.0 Å². The van der Waals surface area contributed by atoms with Gasteiger partial charge in [0.05, 0.1) is 7.11 Å². The van der Waals surface area contributed by atoms with Gasteiger partial charge in [-0.1, -0.05) is 41.9 Å². The molecular weight excluding hydrogens is 376 g/mol. The first-order valence-electron chi connectivity index (χ1n) is 8.86. The second kappa shape index (κ2) is 9.71. The lowest BCUT2D eigenvalue weighted by atomic mass is 10.1. The monoisotopic (exact) mass is 396 g/mol. The number of rotatable bonds is 8. The summed E-state index contributed by atoms with van der Waals surface area (Å²) < 4.78 is 5.21. The fourth-order valence-corrected chi connectivity index (χ4v) is 2.85. The van der Waals surface area contributed by atoms with Crippen LogP contribution in [-0.4, -0.2) is 29.5 Å². The predicted molar refractivity (Wildman–Crippen MR) is 110 cm³/mol. The van der Waals surface area contributed by atoms with Gasteiger partial charge in [-0.15, -0.1) is 0 Å². The quantitative estimate of drug-likeness (QED) is 0.606. The normalized spacial score (nSPS) is 10.4. The maximum Gasteiger partial charge on any atom is 0.270 e. The van der Waals surface area contributed by atoms with Crippen LogP contribution in [0.15, 0.2) is 60.9 Å². The van der Waals surface area contributed by atoms with Crippen molar-refractivity contribution >= 4 is 23.3 Å². The Morgan fingerprint density at radius 3 is 2.79 bits per heavy atom. The number of methoxy groups -OCH3 is 1. The molecule has 2 N–H and O–H groups in total. The van der Waals surface area contributed by atoms with Crippen molar-refractivity contribution in [1.29, 1.82) is 0 Å². The summed E-state index contributed by atoms with van der Waals surface area (Å²) in [7, 11) is 1.63. The number of hydrogen-bond donors (Lipinski definition) is 2. The lowest BCUT2D eigenvalue weighted by Gasteiger charge is -2.09. The predicted octanol–water partition coefficient (Wildman–Crippen LogP) is 3.72. The number of halogens is 1. The number of anilines is 1. The molecule has 0 bridgehead atoms. The van der Waals surface area contributed by atoms with Crippen LogP contribution in [0.1, 0.15) is 21.6 Å². The van der Waals surface area contributed by atoms with Crippen LogP contribution in [0, 0.1) is 0 Å². The minimum atomic E-state index is -0.244. The molecule has 0 aliphatic carbocycles. The molecule has 0 aliphatic rings. The zero-order chi connectivity index (χ0) is 19.8. The van der Waals surface area contributed by atoms with E-state index in [0.717, 1.165) is 16.9 Å². The summed E-state index contributed by atoms with van der Waals surface area (Å²) in [6, 6.07) is 17.0. The summed E-state index contributed by atoms with van der Waals surface area (Å²) in [5.74, 6) is 1.12. The molecule has 0 radical (unpaired) electrons. The third kappa shape index (κ3) is 5.44. The van der Waals surface area contributed by atoms with Crippen LogP contribution < -0.4 is 15.4 Å². The summed E-state index contributed by atoms with van der Waals surface area (Å²) in [5.41, 5.74) is 2.35. The summed E-state index contributed by atoms with van der Waals surface area (Å²) in [4.78, 5) is 20.6. The number of amides is 1. The summed E-state index contributed by atoms with van der Waals surface area (Å²) in [6.07, 6.45) is 2.07. The smallest absolute Gasteiger partial charge is 0.270 e. The van der Waals surface area contributed by atoms with E-state index in [1.165, 1.54) is 6.33 Å². The van der Waals surface area contributed by atoms with Crippen LogP contribution in [0.5, 0.6) is 5.75 Å². The fourth-order valence-electron chi connectivity index (χ4n) is 2.64. The molecule has 1 aromatic heterocycles. The van der Waals surface area contributed by atoms with Gasteiger partial charge in [0.15, 0.2) is 0 Å². The summed E-state index contributed by atoms with van der Waals surface area (Å²) >= 11 is 6.15. The van der Waals surface area contributed by atoms with Crippen molar-refractivity contribution in [2.45, 2.75) is 13.0 Å². The number of aromatic nitrogens is 2. The minimum Gasteiger partial charge on any atom is -0.497 e. The molecule has 2 aromatic carbocycles. The van der Waals surface area contributed by atoms with Gasteiger partial charge in [-0.3, -0.25) is 4.79 Å². The second-order valence-corrected chi connectivity index (χ2v) is 6.50. The van der Waals surface area contributed by atoms with Gasteiger partial charge >= 0.3 is 0 Å². The Morgan fingerprint density at radius 2 is 1.96 bits per heavy atom. The Labute approximate surface area is 168 Å². The summed E-state index contributed by atoms with van der Waals surface area (Å²) in [6.45, 7) is 1.01. The largest absolute Gasteiger partial charge is 0.497 e. The fraction of sp³-hybridized carbons (Fsp3) is 0.190. The van der Waals surface area contributed by atoms with Crippen LogP contribution in [0.3, 0.4) is 0 Å². The molecule has 0 fully saturated rings. The molecule has 0 saturated heterocycles. The maximum atomic E-state index is 12.4. The molecule has 0 aliphatic heterocycles. The Morgan fingerprint density at radius 1 is 1.11 bits per heavy atom. The highest BCUT2D eigenvalue weighted by Crippen LogP contribution is 2.16. The van der Waals surface area contributed by atoms with E-state index >= 15 is 0 Å². The van der Waals surface area contributed by atoms with E-state index in [1.807, 2.05) is 48.5 Å². The van der Waals surface area contributed by atoms with Gasteiger partial charge in [-0.25, -0.2) is 9.97 Å². The van der Waals surface area contributed by atoms with E-state index in [1.54, 1.807) is 13.2 Å². The standard InChI is InChI=1S/C21H21ClN4O2/c1-28-17-7-4-5-15(11-17)9-10-23-21(27)19-12-20(26-14-25-19)24-13-16-6-2-3-8-18(16)22/h2-8,11-12,14H,9-10,13H2,1H3,(H,23,27)(H,24,25,26). The van der Waals surface area contributed by atoms with Crippen molar-refractivity contribution in [3.05, 3.63) is 82.8 Å². The molecule has 28 heavy (non-hydrogen) atoms. The lowest BCUT2D eigenvalue weighted by molar-refractivity contribution is 0.0949. The number of nitrogens with one attached hydrogen (secondary N) is 2. The molecule has 0 atom stereocenters. The number of nitrogens with zero attached hydrogens (tertiary/aromatic N) is 2. The van der Waals surface area contributed by atoms with Crippen LogP contribution in [0.4, 0.5) is 5.82 Å². The second-order valence-electron chi connectivity index (χ2n) is 6.09. The third-order valence-corrected chi connectivity index (χ3v) is 4.52. The van der Waals surface area contributed by atoms with E-state index < -0.39 is 0 Å². The summed E-state index contributed by atoms with van der Waals surface area (Å²) in [5, 5.41) is 6.72. The minimum absolute atomic E-state index is 0.244. The Bertz CT molecular complexity index is 949. The van der Waals surface area contributed by atoms with E-state index in [9.17, 15) is 4.79 Å². The molecule has 1 amide bonds. The van der Waals surface area contributed by atoms with Gasteiger partial charge in [0.1, 0.15) is 23.6 Å². The average Bonchev–Trinajstić information content (AvgIpc) is 2.73. The highest BCUT2D eigenvalue weighted by Gasteiger charge is 2.09. The van der Waals surface area contributed by atoms with Crippen molar-refractivity contribution in [1.82, 2.24) is 15.3 Å². The zero-order valence-corrected chi connectivity index (χ0v) is 16.2. The Hall–Kier alpha value is -3.12. The highest BCUT2D eigenvalue weighted by atomic mass is 35.5. The molecule has 3 aromatic rings. The van der Waals surface area contributed by atoms with Gasteiger partial charge in [-0.05, 0) is 35.7 Å². The SMILES string of the molecule is COc1cccc(CCNC(=O)c2cc(NCc3ccccc3Cl)ncn2)c1. The maximum absolute atomic E-state index is 12.4. The van der Waals surface area contributed by atoms with Crippen LogP contribution >= 0.6 is 11.6 Å². The molecule has 7 heteroatoms. The van der Waals surface area contributed by atoms with Crippen LogP contribution in [-0.2, 0) is 13.0 Å². The molecule has 6 nitrogen and oxygen atoms in total. The topological polar surface area (TPSA) is 76.1 Å². The molecule has 0 spiro atoms. The van der Waals surface area contributed by atoms with Gasteiger partial charge in [-0.2, -0.15) is 0 Å². The molecule has 1 heterocycles. The molecule has 144 valence electrons. The first-order valence-corrected chi connectivity index (χ1v) is 9.24. The zero-order valence-electron chi connectivity index (χ0n) is 15.5. The number of ether oxygens (including phenoxy) is 1. The van der Waals surface area contributed by atoms with Crippen molar-refractivity contribution in [3.8, 4) is 5.75 Å². The van der Waals surface area contributed by atoms with E-state index in [0.29, 0.717) is 36.0 Å². The average molecular weight is 397 g/mol. The molecular formula is C21H21ClN4O2. The number of benzene rings is 2. The molecule has 0 unspecified atom stereocenters. The number of hydrogen-bond acceptors (Lipinski definition) is 5. The van der Waals surface area contributed by atoms with Crippen LogP contribution in [0.25, 0.3) is 0 Å². The van der Waals surface area contributed by atoms with E-state index in [2.05, 4.69) is 20.6 Å². The Balaban J connectivity index is 1.54. The van der Waals surface area contributed by atoms with Crippen molar-refractivity contribution in [3.63, 3.8) is 0 Å². The first kappa shape index (κ1) is 19.6. The van der Waals surface area contributed by atoms with Crippen molar-refractivity contribution < 1.29 is 9.53 Å². The number of carbonyl (C=O) groups excluding carboxylic acids is 1. The van der Waals surface area contributed by atoms with Crippen LogP contribution in [0.2, 0.25) is 5.02 Å². The van der Waals surface area contributed by atoms with Gasteiger partial charge in [0.2, 0.25) is 0 Å². The highest BCUT2D eigenvalue weighted by molar-refractivity contribution is 6.31.